The molecule has 5 nitrogen and oxygen atoms in total. The van der Waals surface area contributed by atoms with Crippen molar-refractivity contribution < 1.29 is 19.1 Å². The lowest BCUT2D eigenvalue weighted by Gasteiger charge is -2.11. The number of ether oxygens (including phenoxy) is 1. The largest absolute Gasteiger partial charge is 0.497 e. The number of benzene rings is 1. The second-order valence-electron chi connectivity index (χ2n) is 4.42. The molecule has 0 fully saturated rings. The molecule has 1 heterocycles. The maximum Gasteiger partial charge on any atom is 0.251 e. The molecule has 1 atom stereocenters. The fourth-order valence-electron chi connectivity index (χ4n) is 1.88. The standard InChI is InChI=1S/C15H17NO4/c1-10-8-11(19-2)5-6-12(10)15(18)16-9-13(17)14-4-3-7-20-14/h3-8,13,17H,9H2,1-2H3,(H,16,18). The minimum absolute atomic E-state index is 0.0951. The molecule has 0 aliphatic carbocycles. The summed E-state index contributed by atoms with van der Waals surface area (Å²) in [4.78, 5) is 12.0. The van der Waals surface area contributed by atoms with Crippen molar-refractivity contribution in [2.24, 2.45) is 0 Å². The summed E-state index contributed by atoms with van der Waals surface area (Å²) < 4.78 is 10.2. The van der Waals surface area contributed by atoms with Crippen LogP contribution in [0.5, 0.6) is 5.75 Å². The van der Waals surface area contributed by atoms with Gasteiger partial charge in [0.2, 0.25) is 0 Å². The summed E-state index contributed by atoms with van der Waals surface area (Å²) in [6.07, 6.45) is 0.626. The average molecular weight is 275 g/mol. The van der Waals surface area contributed by atoms with Gasteiger partial charge < -0.3 is 19.6 Å². The van der Waals surface area contributed by atoms with E-state index in [1.165, 1.54) is 6.26 Å². The third kappa shape index (κ3) is 3.19. The van der Waals surface area contributed by atoms with Gasteiger partial charge in [0.15, 0.2) is 0 Å². The number of aryl methyl sites for hydroxylation is 1. The van der Waals surface area contributed by atoms with Gasteiger partial charge in [0.05, 0.1) is 19.9 Å². The van der Waals surface area contributed by atoms with Gasteiger partial charge in [0.25, 0.3) is 5.91 Å². The molecular formula is C15H17NO4. The summed E-state index contributed by atoms with van der Waals surface area (Å²) in [5.41, 5.74) is 1.37. The van der Waals surface area contributed by atoms with E-state index in [0.29, 0.717) is 17.1 Å². The highest BCUT2D eigenvalue weighted by Crippen LogP contribution is 2.17. The number of carbonyl (C=O) groups excluding carboxylic acids is 1. The molecule has 1 aromatic carbocycles. The van der Waals surface area contributed by atoms with E-state index in [4.69, 9.17) is 9.15 Å². The monoisotopic (exact) mass is 275 g/mol. The van der Waals surface area contributed by atoms with E-state index in [2.05, 4.69) is 5.32 Å². The van der Waals surface area contributed by atoms with E-state index in [9.17, 15) is 9.90 Å². The van der Waals surface area contributed by atoms with Crippen LogP contribution in [-0.4, -0.2) is 24.7 Å². The van der Waals surface area contributed by atoms with E-state index in [1.807, 2.05) is 6.92 Å². The second-order valence-corrected chi connectivity index (χ2v) is 4.42. The molecular weight excluding hydrogens is 258 g/mol. The summed E-state index contributed by atoms with van der Waals surface area (Å²) in [6, 6.07) is 8.56. The SMILES string of the molecule is COc1ccc(C(=O)NCC(O)c2ccco2)c(C)c1. The molecule has 1 amide bonds. The molecule has 0 radical (unpaired) electrons. The Hall–Kier alpha value is -2.27. The Bertz CT molecular complexity index is 578. The Morgan fingerprint density at radius 2 is 2.25 bits per heavy atom. The van der Waals surface area contributed by atoms with Crippen molar-refractivity contribution in [2.75, 3.05) is 13.7 Å². The number of aliphatic hydroxyl groups excluding tert-OH is 1. The van der Waals surface area contributed by atoms with Crippen LogP contribution in [0.15, 0.2) is 41.0 Å². The summed E-state index contributed by atoms with van der Waals surface area (Å²) in [7, 11) is 1.58. The van der Waals surface area contributed by atoms with E-state index in [1.54, 1.807) is 37.4 Å². The Labute approximate surface area is 117 Å². The first-order valence-electron chi connectivity index (χ1n) is 6.26. The van der Waals surface area contributed by atoms with Crippen molar-refractivity contribution in [3.8, 4) is 5.75 Å². The van der Waals surface area contributed by atoms with Crippen LogP contribution < -0.4 is 10.1 Å². The Kier molecular flexibility index (Phi) is 4.42. The van der Waals surface area contributed by atoms with Gasteiger partial charge in [0, 0.05) is 5.56 Å². The molecule has 20 heavy (non-hydrogen) atoms. The number of furan rings is 1. The molecule has 2 rings (SSSR count). The molecule has 0 aliphatic heterocycles. The van der Waals surface area contributed by atoms with Crippen molar-refractivity contribution in [3.05, 3.63) is 53.5 Å². The fourth-order valence-corrected chi connectivity index (χ4v) is 1.88. The van der Waals surface area contributed by atoms with Gasteiger partial charge in [-0.1, -0.05) is 0 Å². The van der Waals surface area contributed by atoms with Crippen LogP contribution in [-0.2, 0) is 0 Å². The number of carbonyl (C=O) groups is 1. The highest BCUT2D eigenvalue weighted by Gasteiger charge is 2.14. The van der Waals surface area contributed by atoms with E-state index in [0.717, 1.165) is 5.56 Å². The molecule has 0 saturated heterocycles. The molecule has 0 saturated carbocycles. The Morgan fingerprint density at radius 3 is 2.85 bits per heavy atom. The van der Waals surface area contributed by atoms with Gasteiger partial charge in [-0.25, -0.2) is 0 Å². The van der Waals surface area contributed by atoms with Crippen LogP contribution in [0.1, 0.15) is 27.8 Å². The maximum absolute atomic E-state index is 12.0. The zero-order valence-corrected chi connectivity index (χ0v) is 11.4. The molecule has 0 bridgehead atoms. The molecule has 0 spiro atoms. The zero-order valence-electron chi connectivity index (χ0n) is 11.4. The number of methoxy groups -OCH3 is 1. The average Bonchev–Trinajstić information content (AvgIpc) is 2.98. The summed E-state index contributed by atoms with van der Waals surface area (Å²) >= 11 is 0. The number of nitrogens with one attached hydrogen (secondary N) is 1. The number of hydrogen-bond donors (Lipinski definition) is 2. The van der Waals surface area contributed by atoms with Crippen molar-refractivity contribution in [3.63, 3.8) is 0 Å². The second kappa shape index (κ2) is 6.25. The number of amides is 1. The van der Waals surface area contributed by atoms with Crippen molar-refractivity contribution in [1.82, 2.24) is 5.32 Å². The maximum atomic E-state index is 12.0. The van der Waals surface area contributed by atoms with Crippen LogP contribution in [0, 0.1) is 6.92 Å². The topological polar surface area (TPSA) is 71.7 Å². The number of aliphatic hydroxyl groups is 1. The van der Waals surface area contributed by atoms with Crippen LogP contribution in [0.2, 0.25) is 0 Å². The minimum Gasteiger partial charge on any atom is -0.497 e. The van der Waals surface area contributed by atoms with Crippen LogP contribution in [0.25, 0.3) is 0 Å². The molecule has 0 aliphatic rings. The van der Waals surface area contributed by atoms with Gasteiger partial charge in [-0.2, -0.15) is 0 Å². The number of hydrogen-bond acceptors (Lipinski definition) is 4. The van der Waals surface area contributed by atoms with Crippen molar-refractivity contribution in [1.29, 1.82) is 0 Å². The van der Waals surface area contributed by atoms with E-state index in [-0.39, 0.29) is 12.5 Å². The molecule has 2 N–H and O–H groups in total. The van der Waals surface area contributed by atoms with Gasteiger partial charge in [0.1, 0.15) is 17.6 Å². The summed E-state index contributed by atoms with van der Waals surface area (Å²) in [6.45, 7) is 1.93. The Balaban J connectivity index is 1.98. The minimum atomic E-state index is -0.854. The fraction of sp³-hybridized carbons (Fsp3) is 0.267. The zero-order chi connectivity index (χ0) is 14.5. The van der Waals surface area contributed by atoms with Gasteiger partial charge >= 0.3 is 0 Å². The van der Waals surface area contributed by atoms with E-state index < -0.39 is 6.10 Å². The molecule has 5 heteroatoms. The van der Waals surface area contributed by atoms with Gasteiger partial charge in [-0.05, 0) is 42.8 Å². The number of rotatable bonds is 5. The molecule has 1 unspecified atom stereocenters. The van der Waals surface area contributed by atoms with Crippen LogP contribution >= 0.6 is 0 Å². The van der Waals surface area contributed by atoms with E-state index >= 15 is 0 Å². The predicted molar refractivity (Wildman–Crippen MR) is 73.7 cm³/mol. The van der Waals surface area contributed by atoms with Crippen molar-refractivity contribution >= 4 is 5.91 Å². The third-order valence-corrected chi connectivity index (χ3v) is 3.01. The molecule has 1 aromatic heterocycles. The molecule has 106 valence electrons. The first-order valence-corrected chi connectivity index (χ1v) is 6.26. The summed E-state index contributed by atoms with van der Waals surface area (Å²) in [5.74, 6) is 0.891. The lowest BCUT2D eigenvalue weighted by molar-refractivity contribution is 0.0900. The highest BCUT2D eigenvalue weighted by atomic mass is 16.5. The third-order valence-electron chi connectivity index (χ3n) is 3.01. The quantitative estimate of drug-likeness (QED) is 0.876. The lowest BCUT2D eigenvalue weighted by Crippen LogP contribution is -2.28. The van der Waals surface area contributed by atoms with Crippen LogP contribution in [0.4, 0.5) is 0 Å². The molecule has 2 aromatic rings. The van der Waals surface area contributed by atoms with Gasteiger partial charge in [-0.3, -0.25) is 4.79 Å². The van der Waals surface area contributed by atoms with Gasteiger partial charge in [-0.15, -0.1) is 0 Å². The predicted octanol–water partition coefficient (Wildman–Crippen LogP) is 2.06. The van der Waals surface area contributed by atoms with Crippen molar-refractivity contribution in [2.45, 2.75) is 13.0 Å². The normalized spacial score (nSPS) is 11.9. The highest BCUT2D eigenvalue weighted by molar-refractivity contribution is 5.95. The first kappa shape index (κ1) is 14.1. The smallest absolute Gasteiger partial charge is 0.251 e. The van der Waals surface area contributed by atoms with Crippen LogP contribution in [0.3, 0.4) is 0 Å². The summed E-state index contributed by atoms with van der Waals surface area (Å²) in [5, 5.41) is 12.5. The lowest BCUT2D eigenvalue weighted by atomic mass is 10.1. The Morgan fingerprint density at radius 1 is 1.45 bits per heavy atom. The first-order chi connectivity index (χ1) is 9.61.